The first-order valence-electron chi connectivity index (χ1n) is 12.8. The van der Waals surface area contributed by atoms with Gasteiger partial charge in [-0.05, 0) is 0 Å². The summed E-state index contributed by atoms with van der Waals surface area (Å²) in [6, 6.07) is 27.6. The Hall–Kier alpha value is -2.02. The van der Waals surface area contributed by atoms with E-state index < -0.39 is 23.9 Å². The zero-order valence-electron chi connectivity index (χ0n) is 21.3. The molecule has 0 nitrogen and oxygen atoms in total. The second kappa shape index (κ2) is 7.49. The third-order valence-electron chi connectivity index (χ3n) is 9.93. The normalized spacial score (nSPS) is 20.7. The molecule has 4 aromatic rings. The Balaban J connectivity index is 1.62. The Labute approximate surface area is 206 Å². The third kappa shape index (κ3) is 2.85. The second-order valence-corrected chi connectivity index (χ2v) is 50.0. The average molecular weight is 539 g/mol. The predicted molar refractivity (Wildman–Crippen MR) is 151 cm³/mol. The molecule has 0 aromatic heterocycles. The molecule has 6 rings (SSSR count). The van der Waals surface area contributed by atoms with Crippen molar-refractivity contribution in [2.24, 2.45) is 0 Å². The van der Waals surface area contributed by atoms with Crippen molar-refractivity contribution in [3.63, 3.8) is 0 Å². The molecule has 0 saturated carbocycles. The van der Waals surface area contributed by atoms with Crippen LogP contribution in [0, 0.1) is 0 Å². The molecule has 0 fully saturated rings. The fourth-order valence-corrected chi connectivity index (χ4v) is 38.6. The van der Waals surface area contributed by atoms with Gasteiger partial charge in [0.05, 0.1) is 0 Å². The maximum atomic E-state index is 2.84. The number of rotatable bonds is 3. The van der Waals surface area contributed by atoms with E-state index in [-0.39, 0.29) is 0 Å². The van der Waals surface area contributed by atoms with E-state index in [4.69, 9.17) is 0 Å². The Morgan fingerprint density at radius 2 is 1.00 bits per heavy atom. The van der Waals surface area contributed by atoms with Crippen LogP contribution in [0.2, 0.25) is 22.4 Å². The molecule has 0 saturated heterocycles. The number of hydrogen-bond acceptors (Lipinski definition) is 0. The van der Waals surface area contributed by atoms with Gasteiger partial charge < -0.3 is 0 Å². The van der Waals surface area contributed by atoms with Gasteiger partial charge in [0, 0.05) is 0 Å². The predicted octanol–water partition coefficient (Wildman–Crippen LogP) is 9.38. The summed E-state index contributed by atoms with van der Waals surface area (Å²) in [6.45, 7) is 10.2. The first-order chi connectivity index (χ1) is 16.2. The van der Waals surface area contributed by atoms with Crippen LogP contribution in [0.1, 0.15) is 43.4 Å². The first-order valence-corrected chi connectivity index (χ1v) is 27.7. The van der Waals surface area contributed by atoms with Crippen LogP contribution in [0.3, 0.4) is 0 Å². The quantitative estimate of drug-likeness (QED) is 0.228. The molecule has 0 spiro atoms. The molecule has 0 bridgehead atoms. The standard InChI is InChI=1S/2C14H11.C2H7Si.2CH3.Zr/c2*1-10-8-12-7-6-11-4-2-3-5-13(11)14(12)9-10;1-3-2;;;/h2*2-9H,1H3;3H,1-2H3;2*1H3;. The number of benzene rings is 4. The fourth-order valence-electron chi connectivity index (χ4n) is 7.81. The van der Waals surface area contributed by atoms with Crippen molar-refractivity contribution in [1.29, 1.82) is 0 Å². The van der Waals surface area contributed by atoms with E-state index in [1.807, 2.05) is 0 Å². The maximum absolute atomic E-state index is 3.48. The second-order valence-electron chi connectivity index (χ2n) is 12.1. The molecule has 2 heteroatoms. The van der Waals surface area contributed by atoms with Crippen LogP contribution in [-0.2, 0) is 17.9 Å². The molecule has 2 unspecified atom stereocenters. The van der Waals surface area contributed by atoms with Crippen molar-refractivity contribution < 1.29 is 17.9 Å². The van der Waals surface area contributed by atoms with Crippen molar-refractivity contribution in [3.8, 4) is 0 Å². The van der Waals surface area contributed by atoms with Crippen molar-refractivity contribution in [2.45, 2.75) is 43.5 Å². The molecular weight excluding hydrogens is 504 g/mol. The van der Waals surface area contributed by atoms with Crippen LogP contribution >= 0.6 is 0 Å². The van der Waals surface area contributed by atoms with Crippen molar-refractivity contribution >= 4 is 39.6 Å². The summed E-state index contributed by atoms with van der Waals surface area (Å²) in [7, 11) is 0. The van der Waals surface area contributed by atoms with E-state index in [1.165, 1.54) is 32.7 Å². The van der Waals surface area contributed by atoms with E-state index in [9.17, 15) is 0 Å². The van der Waals surface area contributed by atoms with Gasteiger partial charge in [-0.15, -0.1) is 0 Å². The van der Waals surface area contributed by atoms with E-state index >= 15 is 0 Å². The monoisotopic (exact) mass is 537 g/mol. The molecule has 2 aliphatic rings. The molecule has 4 aromatic carbocycles. The summed E-state index contributed by atoms with van der Waals surface area (Å²) < 4.78 is 6.94. The van der Waals surface area contributed by atoms with E-state index in [0.29, 0.717) is 7.25 Å². The molecule has 171 valence electrons. The van der Waals surface area contributed by atoms with Gasteiger partial charge in [-0.2, -0.15) is 0 Å². The Bertz CT molecular complexity index is 1440. The van der Waals surface area contributed by atoms with Crippen LogP contribution in [-0.4, -0.2) is 5.92 Å². The SMILES string of the molecule is CC1=Cc2c(ccc3ccccc23)[CH]1[Zr]([CH3])([CH3])([CH]1C(C)=Cc2c1ccc1ccccc21)[SiH](C)C. The summed E-state index contributed by atoms with van der Waals surface area (Å²) in [4.78, 5) is 0. The molecule has 0 N–H and O–H groups in total. The van der Waals surface area contributed by atoms with Crippen LogP contribution in [0.4, 0.5) is 0 Å². The molecule has 0 radical (unpaired) electrons. The minimum absolute atomic E-state index is 0.624. The van der Waals surface area contributed by atoms with Crippen LogP contribution in [0.15, 0.2) is 83.9 Å². The zero-order valence-corrected chi connectivity index (χ0v) is 24.9. The Kier molecular flexibility index (Phi) is 4.94. The molecule has 2 atom stereocenters. The van der Waals surface area contributed by atoms with Gasteiger partial charge in [0.25, 0.3) is 0 Å². The molecule has 0 aliphatic heterocycles. The number of allylic oxidation sites excluding steroid dienone is 2. The zero-order chi connectivity index (χ0) is 23.9. The molecule has 0 heterocycles. The van der Waals surface area contributed by atoms with E-state index in [2.05, 4.69) is 121 Å². The van der Waals surface area contributed by atoms with Gasteiger partial charge in [-0.1, -0.05) is 0 Å². The van der Waals surface area contributed by atoms with Gasteiger partial charge in [0.1, 0.15) is 0 Å². The number of hydrogen-bond donors (Lipinski definition) is 0. The molecular formula is C32H35SiZr. The average Bonchev–Trinajstić information content (AvgIpc) is 3.36. The summed E-state index contributed by atoms with van der Waals surface area (Å²) in [6.07, 6.45) is 5.10. The number of fused-ring (bicyclic) bond motifs is 6. The first kappa shape index (κ1) is 22.4. The summed E-state index contributed by atoms with van der Waals surface area (Å²) >= 11 is -3.48. The minimum atomic E-state index is -3.48. The third-order valence-corrected chi connectivity index (χ3v) is 57.1. The van der Waals surface area contributed by atoms with Gasteiger partial charge >= 0.3 is 207 Å². The van der Waals surface area contributed by atoms with Crippen molar-refractivity contribution in [2.75, 3.05) is 0 Å². The Morgan fingerprint density at radius 1 is 0.588 bits per heavy atom. The van der Waals surface area contributed by atoms with Crippen molar-refractivity contribution in [1.82, 2.24) is 0 Å². The molecule has 2 aliphatic carbocycles. The molecule has 0 amide bonds. The van der Waals surface area contributed by atoms with Gasteiger partial charge in [-0.3, -0.25) is 0 Å². The summed E-state index contributed by atoms with van der Waals surface area (Å²) in [5.74, 6) is -1.01. The van der Waals surface area contributed by atoms with Gasteiger partial charge in [0.15, 0.2) is 0 Å². The van der Waals surface area contributed by atoms with E-state index in [1.54, 1.807) is 22.3 Å². The van der Waals surface area contributed by atoms with Gasteiger partial charge in [0.2, 0.25) is 0 Å². The van der Waals surface area contributed by atoms with Crippen molar-refractivity contribution in [3.05, 3.63) is 106 Å². The van der Waals surface area contributed by atoms with Crippen LogP contribution in [0.5, 0.6) is 0 Å². The van der Waals surface area contributed by atoms with Crippen LogP contribution < -0.4 is 0 Å². The topological polar surface area (TPSA) is 0 Å². The molecule has 34 heavy (non-hydrogen) atoms. The van der Waals surface area contributed by atoms with Crippen LogP contribution in [0.25, 0.3) is 33.7 Å². The Morgan fingerprint density at radius 3 is 1.41 bits per heavy atom. The van der Waals surface area contributed by atoms with Gasteiger partial charge in [-0.25, -0.2) is 0 Å². The summed E-state index contributed by atoms with van der Waals surface area (Å²) in [5, 5.41) is 5.58. The summed E-state index contributed by atoms with van der Waals surface area (Å²) in [5.41, 5.74) is 9.47. The van der Waals surface area contributed by atoms with E-state index in [0.717, 1.165) is 0 Å². The fraction of sp³-hybridized carbons (Fsp3) is 0.250.